The molecule has 110 valence electrons. The first-order valence-corrected chi connectivity index (χ1v) is 7.25. The maximum absolute atomic E-state index is 12.3. The molecule has 0 spiro atoms. The summed E-state index contributed by atoms with van der Waals surface area (Å²) in [7, 11) is 0. The van der Waals surface area contributed by atoms with E-state index < -0.39 is 0 Å². The molecule has 20 heavy (non-hydrogen) atoms. The summed E-state index contributed by atoms with van der Waals surface area (Å²) in [6.07, 6.45) is 1.15. The van der Waals surface area contributed by atoms with Crippen LogP contribution in [0.1, 0.15) is 32.8 Å². The van der Waals surface area contributed by atoms with Gasteiger partial charge in [0.25, 0.3) is 0 Å². The minimum absolute atomic E-state index is 0.0527. The van der Waals surface area contributed by atoms with E-state index in [2.05, 4.69) is 24.1 Å². The van der Waals surface area contributed by atoms with Gasteiger partial charge in [-0.05, 0) is 43.0 Å². The quantitative estimate of drug-likeness (QED) is 0.885. The number of amides is 1. The van der Waals surface area contributed by atoms with E-state index in [-0.39, 0.29) is 11.9 Å². The highest BCUT2D eigenvalue weighted by Gasteiger charge is 2.34. The highest BCUT2D eigenvalue weighted by atomic mass is 16.2. The van der Waals surface area contributed by atoms with Crippen molar-refractivity contribution in [2.45, 2.75) is 39.8 Å². The predicted molar refractivity (Wildman–Crippen MR) is 82.4 cm³/mol. The first-order valence-electron chi connectivity index (χ1n) is 7.25. The molecule has 1 aromatic carbocycles. The van der Waals surface area contributed by atoms with Crippen molar-refractivity contribution in [3.8, 4) is 0 Å². The number of anilines is 1. The van der Waals surface area contributed by atoms with Crippen LogP contribution in [0.5, 0.6) is 0 Å². The Morgan fingerprint density at radius 3 is 2.85 bits per heavy atom. The molecule has 0 bridgehead atoms. The number of nitrogens with zero attached hydrogens (tertiary/aromatic N) is 1. The molecule has 1 fully saturated rings. The first kappa shape index (κ1) is 15.0. The van der Waals surface area contributed by atoms with E-state index in [1.807, 2.05) is 31.2 Å². The predicted octanol–water partition coefficient (Wildman–Crippen LogP) is 2.20. The SMILES string of the molecule is CC(C(=O)Nc1cccc(CN)c1)N1CCC(C)(C)C1. The van der Waals surface area contributed by atoms with Crippen LogP contribution in [0.2, 0.25) is 0 Å². The number of nitrogens with two attached hydrogens (primary N) is 1. The standard InChI is InChI=1S/C16H25N3O/c1-12(19-8-7-16(2,3)11-19)15(20)18-14-6-4-5-13(9-14)10-17/h4-6,9,12H,7-8,10-11,17H2,1-3H3,(H,18,20). The van der Waals surface area contributed by atoms with Crippen LogP contribution in [0.4, 0.5) is 5.69 Å². The fourth-order valence-electron chi connectivity index (χ4n) is 2.67. The van der Waals surface area contributed by atoms with Crippen molar-refractivity contribution in [2.75, 3.05) is 18.4 Å². The van der Waals surface area contributed by atoms with Crippen LogP contribution < -0.4 is 11.1 Å². The van der Waals surface area contributed by atoms with Gasteiger partial charge in [-0.15, -0.1) is 0 Å². The molecule has 1 amide bonds. The average Bonchev–Trinajstić information content (AvgIpc) is 2.78. The summed E-state index contributed by atoms with van der Waals surface area (Å²) in [6, 6.07) is 7.61. The molecule has 4 heteroatoms. The Kier molecular flexibility index (Phi) is 4.45. The highest BCUT2D eigenvalue weighted by Crippen LogP contribution is 2.30. The van der Waals surface area contributed by atoms with E-state index in [1.165, 1.54) is 0 Å². The van der Waals surface area contributed by atoms with Gasteiger partial charge in [0, 0.05) is 18.8 Å². The van der Waals surface area contributed by atoms with Crippen LogP contribution in [0.25, 0.3) is 0 Å². The van der Waals surface area contributed by atoms with Gasteiger partial charge in [-0.1, -0.05) is 26.0 Å². The van der Waals surface area contributed by atoms with Gasteiger partial charge in [0.15, 0.2) is 0 Å². The topological polar surface area (TPSA) is 58.4 Å². The van der Waals surface area contributed by atoms with Gasteiger partial charge in [0.05, 0.1) is 6.04 Å². The zero-order chi connectivity index (χ0) is 14.8. The van der Waals surface area contributed by atoms with Crippen LogP contribution in [0.3, 0.4) is 0 Å². The lowest BCUT2D eigenvalue weighted by atomic mass is 9.93. The van der Waals surface area contributed by atoms with Crippen LogP contribution in [-0.2, 0) is 11.3 Å². The number of nitrogens with one attached hydrogen (secondary N) is 1. The van der Waals surface area contributed by atoms with Gasteiger partial charge in [-0.3, -0.25) is 9.69 Å². The number of carbonyl (C=O) groups excluding carboxylic acids is 1. The van der Waals surface area contributed by atoms with E-state index in [4.69, 9.17) is 5.73 Å². The number of likely N-dealkylation sites (tertiary alicyclic amines) is 1. The van der Waals surface area contributed by atoms with Gasteiger partial charge in [0.2, 0.25) is 5.91 Å². The molecule has 1 aromatic rings. The van der Waals surface area contributed by atoms with Gasteiger partial charge in [-0.25, -0.2) is 0 Å². The van der Waals surface area contributed by atoms with Crippen LogP contribution in [0, 0.1) is 5.41 Å². The van der Waals surface area contributed by atoms with Crippen molar-refractivity contribution < 1.29 is 4.79 Å². The summed E-state index contributed by atoms with van der Waals surface area (Å²) in [4.78, 5) is 14.6. The Bertz CT molecular complexity index is 484. The maximum Gasteiger partial charge on any atom is 0.241 e. The molecule has 0 aromatic heterocycles. The number of carbonyl (C=O) groups is 1. The normalized spacial score (nSPS) is 19.8. The molecule has 1 atom stereocenters. The third-order valence-electron chi connectivity index (χ3n) is 4.06. The minimum atomic E-state index is -0.0988. The van der Waals surface area contributed by atoms with Crippen LogP contribution in [0.15, 0.2) is 24.3 Å². The summed E-state index contributed by atoms with van der Waals surface area (Å²) >= 11 is 0. The van der Waals surface area contributed by atoms with Gasteiger partial charge < -0.3 is 11.1 Å². The molecule has 1 unspecified atom stereocenters. The molecule has 1 saturated heterocycles. The average molecular weight is 275 g/mol. The molecular weight excluding hydrogens is 250 g/mol. The molecule has 2 rings (SSSR count). The Morgan fingerprint density at radius 2 is 2.25 bits per heavy atom. The van der Waals surface area contributed by atoms with E-state index in [0.717, 1.165) is 30.8 Å². The van der Waals surface area contributed by atoms with Crippen molar-refractivity contribution in [1.82, 2.24) is 4.90 Å². The Hall–Kier alpha value is -1.39. The second-order valence-corrected chi connectivity index (χ2v) is 6.45. The summed E-state index contributed by atoms with van der Waals surface area (Å²) in [5.41, 5.74) is 7.78. The summed E-state index contributed by atoms with van der Waals surface area (Å²) < 4.78 is 0. The van der Waals surface area contributed by atoms with E-state index in [9.17, 15) is 4.79 Å². The summed E-state index contributed by atoms with van der Waals surface area (Å²) in [6.45, 7) is 8.93. The van der Waals surface area contributed by atoms with Crippen molar-refractivity contribution in [3.05, 3.63) is 29.8 Å². The fourth-order valence-corrected chi connectivity index (χ4v) is 2.67. The number of benzene rings is 1. The van der Waals surface area contributed by atoms with Crippen LogP contribution in [-0.4, -0.2) is 29.9 Å². The van der Waals surface area contributed by atoms with Crippen molar-refractivity contribution >= 4 is 11.6 Å². The van der Waals surface area contributed by atoms with E-state index >= 15 is 0 Å². The lowest BCUT2D eigenvalue weighted by Gasteiger charge is -2.25. The molecular formula is C16H25N3O. The second kappa shape index (κ2) is 5.94. The first-order chi connectivity index (χ1) is 9.41. The fraction of sp³-hybridized carbons (Fsp3) is 0.562. The molecule has 1 aliphatic heterocycles. The van der Waals surface area contributed by atoms with Crippen molar-refractivity contribution in [3.63, 3.8) is 0 Å². The van der Waals surface area contributed by atoms with E-state index in [0.29, 0.717) is 12.0 Å². The third-order valence-corrected chi connectivity index (χ3v) is 4.06. The zero-order valence-corrected chi connectivity index (χ0v) is 12.6. The van der Waals surface area contributed by atoms with Gasteiger partial charge >= 0.3 is 0 Å². The lowest BCUT2D eigenvalue weighted by molar-refractivity contribution is -0.120. The molecule has 0 aliphatic carbocycles. The lowest BCUT2D eigenvalue weighted by Crippen LogP contribution is -2.41. The number of hydrogen-bond donors (Lipinski definition) is 2. The molecule has 3 N–H and O–H groups in total. The molecule has 1 heterocycles. The smallest absolute Gasteiger partial charge is 0.241 e. The number of rotatable bonds is 4. The Morgan fingerprint density at radius 1 is 1.50 bits per heavy atom. The monoisotopic (exact) mass is 275 g/mol. The highest BCUT2D eigenvalue weighted by molar-refractivity contribution is 5.94. The van der Waals surface area contributed by atoms with Crippen molar-refractivity contribution in [2.24, 2.45) is 11.1 Å². The van der Waals surface area contributed by atoms with Crippen LogP contribution >= 0.6 is 0 Å². The van der Waals surface area contributed by atoms with Gasteiger partial charge in [0.1, 0.15) is 0 Å². The van der Waals surface area contributed by atoms with Gasteiger partial charge in [-0.2, -0.15) is 0 Å². The summed E-state index contributed by atoms with van der Waals surface area (Å²) in [5, 5.41) is 2.98. The second-order valence-electron chi connectivity index (χ2n) is 6.45. The maximum atomic E-state index is 12.3. The largest absolute Gasteiger partial charge is 0.326 e. The Labute approximate surface area is 121 Å². The zero-order valence-electron chi connectivity index (χ0n) is 12.6. The Balaban J connectivity index is 1.97. The summed E-state index contributed by atoms with van der Waals surface area (Å²) in [5.74, 6) is 0.0527. The molecule has 0 saturated carbocycles. The number of hydrogen-bond acceptors (Lipinski definition) is 3. The third kappa shape index (κ3) is 3.58. The van der Waals surface area contributed by atoms with E-state index in [1.54, 1.807) is 0 Å². The van der Waals surface area contributed by atoms with Crippen molar-refractivity contribution in [1.29, 1.82) is 0 Å². The minimum Gasteiger partial charge on any atom is -0.326 e. The molecule has 4 nitrogen and oxygen atoms in total. The molecule has 0 radical (unpaired) electrons. The molecule has 1 aliphatic rings.